The van der Waals surface area contributed by atoms with Gasteiger partial charge < -0.3 is 0 Å². The van der Waals surface area contributed by atoms with Crippen LogP contribution in [-0.2, 0) is 0 Å². The maximum absolute atomic E-state index is 2.53. The highest BCUT2D eigenvalue weighted by Crippen LogP contribution is 2.55. The molecule has 0 radical (unpaired) electrons. The van der Waals surface area contributed by atoms with Crippen LogP contribution in [0.15, 0.2) is 42.0 Å². The average Bonchev–Trinajstić information content (AvgIpc) is 2.48. The Balaban J connectivity index is 2.51. The quantitative estimate of drug-likeness (QED) is 0.527. The zero-order valence-electron chi connectivity index (χ0n) is 15.3. The van der Waals surface area contributed by atoms with Crippen molar-refractivity contribution >= 4 is 5.57 Å². The molecule has 1 aromatic carbocycles. The summed E-state index contributed by atoms with van der Waals surface area (Å²) in [5.41, 5.74) is 6.29. The lowest BCUT2D eigenvalue weighted by Crippen LogP contribution is -2.33. The van der Waals surface area contributed by atoms with Gasteiger partial charge in [-0.05, 0) is 42.7 Å². The predicted octanol–water partition coefficient (Wildman–Crippen LogP) is 6.95. The molecule has 1 unspecified atom stereocenters. The molecule has 0 bridgehead atoms. The molecule has 1 aliphatic carbocycles. The fourth-order valence-corrected chi connectivity index (χ4v) is 3.93. The second-order valence-corrected chi connectivity index (χ2v) is 7.63. The molecule has 120 valence electrons. The van der Waals surface area contributed by atoms with Crippen LogP contribution in [0.5, 0.6) is 0 Å². The second-order valence-electron chi connectivity index (χ2n) is 7.63. The highest BCUT2D eigenvalue weighted by Gasteiger charge is 2.41. The van der Waals surface area contributed by atoms with E-state index in [1.165, 1.54) is 36.0 Å². The summed E-state index contributed by atoms with van der Waals surface area (Å²) in [7, 11) is 0. The van der Waals surface area contributed by atoms with Crippen LogP contribution >= 0.6 is 0 Å². The van der Waals surface area contributed by atoms with Gasteiger partial charge in [0, 0.05) is 5.41 Å². The molecule has 0 saturated carbocycles. The van der Waals surface area contributed by atoms with Crippen LogP contribution in [0.3, 0.4) is 0 Å². The molecule has 0 nitrogen and oxygen atoms in total. The minimum absolute atomic E-state index is 0.118. The molecule has 0 N–H and O–H groups in total. The summed E-state index contributed by atoms with van der Waals surface area (Å²) >= 11 is 0. The molecule has 2 rings (SSSR count). The monoisotopic (exact) mass is 296 g/mol. The molecular weight excluding hydrogens is 264 g/mol. The van der Waals surface area contributed by atoms with Crippen molar-refractivity contribution in [2.45, 2.75) is 67.2 Å². The van der Waals surface area contributed by atoms with Gasteiger partial charge in [0.2, 0.25) is 0 Å². The van der Waals surface area contributed by atoms with E-state index in [2.05, 4.69) is 78.0 Å². The highest BCUT2D eigenvalue weighted by molar-refractivity contribution is 5.75. The van der Waals surface area contributed by atoms with Crippen molar-refractivity contribution in [3.63, 3.8) is 0 Å². The molecule has 0 aliphatic heterocycles. The SMILES string of the molecule is CCC/C=C1\C(C)(CC)CC=C(c2ccc(C)cc2)C1(C)C. The van der Waals surface area contributed by atoms with Crippen molar-refractivity contribution in [1.29, 1.82) is 0 Å². The summed E-state index contributed by atoms with van der Waals surface area (Å²) < 4.78 is 0. The van der Waals surface area contributed by atoms with Gasteiger partial charge in [-0.2, -0.15) is 0 Å². The summed E-state index contributed by atoms with van der Waals surface area (Å²) in [5.74, 6) is 0. The number of unbranched alkanes of at least 4 members (excludes halogenated alkanes) is 1. The Hall–Kier alpha value is -1.30. The Labute approximate surface area is 137 Å². The average molecular weight is 296 g/mol. The standard InChI is InChI=1S/C22H32/c1-7-9-10-20-21(4,5)19(15-16-22(20,6)8-2)18-13-11-17(3)12-14-18/h10-15H,7-9,16H2,1-6H3/b20-10-. The third kappa shape index (κ3) is 3.07. The highest BCUT2D eigenvalue weighted by atomic mass is 14.5. The lowest BCUT2D eigenvalue weighted by molar-refractivity contribution is 0.310. The Kier molecular flexibility index (Phi) is 5.00. The molecule has 1 aromatic rings. The van der Waals surface area contributed by atoms with E-state index in [9.17, 15) is 0 Å². The van der Waals surface area contributed by atoms with Crippen molar-refractivity contribution in [3.05, 3.63) is 53.1 Å². The van der Waals surface area contributed by atoms with Gasteiger partial charge in [0.15, 0.2) is 0 Å². The zero-order valence-corrected chi connectivity index (χ0v) is 15.3. The molecule has 0 saturated heterocycles. The van der Waals surface area contributed by atoms with E-state index in [1.807, 2.05) is 0 Å². The van der Waals surface area contributed by atoms with Crippen molar-refractivity contribution in [2.75, 3.05) is 0 Å². The first-order valence-corrected chi connectivity index (χ1v) is 8.84. The van der Waals surface area contributed by atoms with Gasteiger partial charge in [-0.25, -0.2) is 0 Å². The van der Waals surface area contributed by atoms with E-state index in [4.69, 9.17) is 0 Å². The van der Waals surface area contributed by atoms with E-state index in [-0.39, 0.29) is 5.41 Å². The Morgan fingerprint density at radius 3 is 2.23 bits per heavy atom. The van der Waals surface area contributed by atoms with Gasteiger partial charge in [0.25, 0.3) is 0 Å². The predicted molar refractivity (Wildman–Crippen MR) is 98.9 cm³/mol. The Bertz CT molecular complexity index is 569. The number of aryl methyl sites for hydroxylation is 1. The van der Waals surface area contributed by atoms with E-state index in [1.54, 1.807) is 5.57 Å². The fraction of sp³-hybridized carbons (Fsp3) is 0.545. The maximum Gasteiger partial charge on any atom is 0.0113 e. The first-order valence-electron chi connectivity index (χ1n) is 8.84. The zero-order chi connectivity index (χ0) is 16.4. The topological polar surface area (TPSA) is 0 Å². The first kappa shape index (κ1) is 17.1. The molecule has 1 aliphatic rings. The molecule has 1 atom stereocenters. The smallest absolute Gasteiger partial charge is 0.0113 e. The summed E-state index contributed by atoms with van der Waals surface area (Å²) in [6.45, 7) is 14.0. The summed E-state index contributed by atoms with van der Waals surface area (Å²) in [6, 6.07) is 9.04. The van der Waals surface area contributed by atoms with Crippen LogP contribution in [0.4, 0.5) is 0 Å². The van der Waals surface area contributed by atoms with Crippen molar-refractivity contribution in [3.8, 4) is 0 Å². The van der Waals surface area contributed by atoms with E-state index >= 15 is 0 Å². The molecule has 0 amide bonds. The molecule has 22 heavy (non-hydrogen) atoms. The van der Waals surface area contributed by atoms with E-state index in [0.717, 1.165) is 6.42 Å². The van der Waals surface area contributed by atoms with Crippen molar-refractivity contribution in [1.82, 2.24) is 0 Å². The number of benzene rings is 1. The first-order chi connectivity index (χ1) is 10.3. The minimum Gasteiger partial charge on any atom is -0.0839 e. The van der Waals surface area contributed by atoms with Gasteiger partial charge >= 0.3 is 0 Å². The number of allylic oxidation sites excluding steroid dienone is 4. The summed E-state index contributed by atoms with van der Waals surface area (Å²) in [5, 5.41) is 0. The maximum atomic E-state index is 2.53. The van der Waals surface area contributed by atoms with Gasteiger partial charge in [-0.15, -0.1) is 0 Å². The number of hydrogen-bond acceptors (Lipinski definition) is 0. The second kappa shape index (κ2) is 6.44. The van der Waals surface area contributed by atoms with Crippen molar-refractivity contribution in [2.24, 2.45) is 10.8 Å². The van der Waals surface area contributed by atoms with Crippen LogP contribution < -0.4 is 0 Å². The molecule has 0 heterocycles. The third-order valence-corrected chi connectivity index (χ3v) is 5.53. The molecule has 0 aromatic heterocycles. The largest absolute Gasteiger partial charge is 0.0839 e. The van der Waals surface area contributed by atoms with Gasteiger partial charge in [0.05, 0.1) is 0 Å². The molecular formula is C22H32. The van der Waals surface area contributed by atoms with Gasteiger partial charge in [-0.1, -0.05) is 88.6 Å². The van der Waals surface area contributed by atoms with Gasteiger partial charge in [-0.3, -0.25) is 0 Å². The fourth-order valence-electron chi connectivity index (χ4n) is 3.93. The third-order valence-electron chi connectivity index (χ3n) is 5.53. The number of rotatable bonds is 4. The van der Waals surface area contributed by atoms with E-state index in [0.29, 0.717) is 5.41 Å². The summed E-state index contributed by atoms with van der Waals surface area (Å²) in [4.78, 5) is 0. The Morgan fingerprint density at radius 2 is 1.68 bits per heavy atom. The molecule has 0 heteroatoms. The number of hydrogen-bond donors (Lipinski definition) is 0. The summed E-state index contributed by atoms with van der Waals surface area (Å²) in [6.07, 6.45) is 9.82. The normalized spacial score (nSPS) is 26.1. The van der Waals surface area contributed by atoms with Crippen LogP contribution in [0.25, 0.3) is 5.57 Å². The Morgan fingerprint density at radius 1 is 1.05 bits per heavy atom. The minimum atomic E-state index is 0.118. The lowest BCUT2D eigenvalue weighted by Gasteiger charge is -2.46. The lowest BCUT2D eigenvalue weighted by atomic mass is 9.58. The van der Waals surface area contributed by atoms with Crippen LogP contribution in [-0.4, -0.2) is 0 Å². The van der Waals surface area contributed by atoms with Crippen LogP contribution in [0.2, 0.25) is 0 Å². The van der Waals surface area contributed by atoms with Crippen LogP contribution in [0.1, 0.15) is 71.4 Å². The van der Waals surface area contributed by atoms with E-state index < -0.39 is 0 Å². The molecule has 0 spiro atoms. The van der Waals surface area contributed by atoms with Crippen molar-refractivity contribution < 1.29 is 0 Å². The van der Waals surface area contributed by atoms with Crippen LogP contribution in [0, 0.1) is 17.8 Å². The molecule has 0 fully saturated rings. The van der Waals surface area contributed by atoms with Gasteiger partial charge in [0.1, 0.15) is 0 Å².